The zero-order valence-corrected chi connectivity index (χ0v) is 12.5. The van der Waals surface area contributed by atoms with Gasteiger partial charge >= 0.3 is 25.0 Å². The van der Waals surface area contributed by atoms with Gasteiger partial charge in [0.05, 0.1) is 0 Å². The first kappa shape index (κ1) is 17.2. The van der Waals surface area contributed by atoms with Crippen molar-refractivity contribution in [2.75, 3.05) is 6.54 Å². The number of ether oxygens (including phenoxy) is 1. The van der Waals surface area contributed by atoms with Gasteiger partial charge in [-0.15, -0.1) is 12.1 Å². The minimum absolute atomic E-state index is 0. The van der Waals surface area contributed by atoms with Gasteiger partial charge in [0.25, 0.3) is 0 Å². The van der Waals surface area contributed by atoms with Crippen LogP contribution in [0.1, 0.15) is 18.1 Å². The van der Waals surface area contributed by atoms with Crippen LogP contribution in [-0.2, 0) is 11.3 Å². The van der Waals surface area contributed by atoms with Gasteiger partial charge in [0.15, 0.2) is 0 Å². The summed E-state index contributed by atoms with van der Waals surface area (Å²) in [6.45, 7) is 4.58. The maximum atomic E-state index is 12.0. The van der Waals surface area contributed by atoms with E-state index in [0.29, 0.717) is 13.2 Å². The van der Waals surface area contributed by atoms with Crippen LogP contribution in [0.25, 0.3) is 0 Å². The first-order chi connectivity index (χ1) is 9.79. The van der Waals surface area contributed by atoms with Gasteiger partial charge in [0.1, 0.15) is 6.61 Å². The Bertz CT molecular complexity index is 531. The van der Waals surface area contributed by atoms with E-state index in [1.165, 1.54) is 0 Å². The molecular formula is C17H18LiNO2. The predicted molar refractivity (Wildman–Crippen MR) is 78.9 cm³/mol. The number of carbonyl (C=O) groups excluding carboxylic acids is 1. The van der Waals surface area contributed by atoms with Crippen molar-refractivity contribution in [2.45, 2.75) is 13.5 Å². The van der Waals surface area contributed by atoms with Gasteiger partial charge in [-0.3, -0.25) is 0 Å². The van der Waals surface area contributed by atoms with Crippen molar-refractivity contribution in [1.82, 2.24) is 4.90 Å². The van der Waals surface area contributed by atoms with Crippen molar-refractivity contribution < 1.29 is 28.4 Å². The molecule has 2 rings (SSSR count). The van der Waals surface area contributed by atoms with Crippen LogP contribution in [0.15, 0.2) is 60.7 Å². The normalized spacial score (nSPS) is 9.38. The van der Waals surface area contributed by atoms with Crippen LogP contribution in [0.4, 0.5) is 4.79 Å². The molecule has 0 fully saturated rings. The number of amides is 1. The van der Waals surface area contributed by atoms with E-state index in [-0.39, 0.29) is 25.0 Å². The van der Waals surface area contributed by atoms with E-state index in [1.807, 2.05) is 67.6 Å². The van der Waals surface area contributed by atoms with E-state index >= 15 is 0 Å². The van der Waals surface area contributed by atoms with Crippen molar-refractivity contribution >= 4 is 6.09 Å². The first-order valence-corrected chi connectivity index (χ1v) is 6.67. The van der Waals surface area contributed by atoms with Crippen LogP contribution in [0.5, 0.6) is 0 Å². The molecule has 0 unspecified atom stereocenters. The Kier molecular flexibility index (Phi) is 7.53. The van der Waals surface area contributed by atoms with Gasteiger partial charge in [-0.25, -0.2) is 4.79 Å². The molecular weight excluding hydrogens is 257 g/mol. The van der Waals surface area contributed by atoms with Crippen LogP contribution in [-0.4, -0.2) is 17.5 Å². The monoisotopic (exact) mass is 275 g/mol. The zero-order valence-electron chi connectivity index (χ0n) is 12.5. The van der Waals surface area contributed by atoms with Gasteiger partial charge in [0.2, 0.25) is 0 Å². The maximum absolute atomic E-state index is 12.0. The molecule has 4 heteroatoms. The Hall–Kier alpha value is -1.82. The molecule has 0 saturated heterocycles. The Morgan fingerprint density at radius 2 is 1.62 bits per heavy atom. The molecule has 2 aromatic carbocycles. The summed E-state index contributed by atoms with van der Waals surface area (Å²) < 4.78 is 5.31. The molecule has 0 aliphatic rings. The van der Waals surface area contributed by atoms with Gasteiger partial charge in [-0.2, -0.15) is 17.7 Å². The molecule has 1 amide bonds. The molecule has 0 aliphatic carbocycles. The maximum Gasteiger partial charge on any atom is 1.00 e. The summed E-state index contributed by atoms with van der Waals surface area (Å²) >= 11 is 0. The minimum atomic E-state index is -0.333. The van der Waals surface area contributed by atoms with Crippen LogP contribution < -0.4 is 18.9 Å². The van der Waals surface area contributed by atoms with Crippen LogP contribution in [0, 0.1) is 6.54 Å². The molecule has 3 nitrogen and oxygen atoms in total. The van der Waals surface area contributed by atoms with E-state index in [0.717, 1.165) is 11.1 Å². The zero-order chi connectivity index (χ0) is 14.2. The SMILES string of the molecule is CCN([CH-]c1ccccc1)C(=O)OCc1ccccc1.[Li+]. The molecule has 0 bridgehead atoms. The number of benzene rings is 2. The Morgan fingerprint density at radius 3 is 2.19 bits per heavy atom. The second kappa shape index (κ2) is 9.18. The summed E-state index contributed by atoms with van der Waals surface area (Å²) in [6.07, 6.45) is -0.333. The summed E-state index contributed by atoms with van der Waals surface area (Å²) in [4.78, 5) is 13.6. The average Bonchev–Trinajstić information content (AvgIpc) is 2.52. The van der Waals surface area contributed by atoms with Crippen molar-refractivity contribution in [3.8, 4) is 0 Å². The van der Waals surface area contributed by atoms with E-state index in [9.17, 15) is 4.79 Å². The third-order valence-corrected chi connectivity index (χ3v) is 2.88. The van der Waals surface area contributed by atoms with Crippen molar-refractivity contribution in [2.24, 2.45) is 0 Å². The molecule has 0 radical (unpaired) electrons. The number of hydrogen-bond donors (Lipinski definition) is 0. The van der Waals surface area contributed by atoms with Crippen LogP contribution in [0.2, 0.25) is 0 Å². The van der Waals surface area contributed by atoms with E-state index in [4.69, 9.17) is 4.74 Å². The third-order valence-electron chi connectivity index (χ3n) is 2.88. The smallest absolute Gasteiger partial charge is 0.445 e. The fourth-order valence-electron chi connectivity index (χ4n) is 1.79. The summed E-state index contributed by atoms with van der Waals surface area (Å²) in [6, 6.07) is 19.4. The summed E-state index contributed by atoms with van der Waals surface area (Å²) in [5.74, 6) is 0. The minimum Gasteiger partial charge on any atom is -0.445 e. The number of carbonyl (C=O) groups is 1. The fourth-order valence-corrected chi connectivity index (χ4v) is 1.79. The van der Waals surface area contributed by atoms with E-state index < -0.39 is 0 Å². The number of hydrogen-bond acceptors (Lipinski definition) is 2. The standard InChI is InChI=1S/C17H18NO2.Li/c1-2-18(13-15-9-5-3-6-10-15)17(19)20-14-16-11-7-4-8-12-16;/h3-13H,2,14H2,1H3;/q-1;+1. The molecule has 0 atom stereocenters. The molecule has 21 heavy (non-hydrogen) atoms. The molecule has 2 aromatic rings. The molecule has 0 saturated carbocycles. The molecule has 0 aromatic heterocycles. The van der Waals surface area contributed by atoms with Gasteiger partial charge in [0, 0.05) is 6.54 Å². The molecule has 0 aliphatic heterocycles. The molecule has 104 valence electrons. The fraction of sp³-hybridized carbons (Fsp3) is 0.176. The quantitative estimate of drug-likeness (QED) is 0.598. The summed E-state index contributed by atoms with van der Waals surface area (Å²) in [5.41, 5.74) is 1.96. The van der Waals surface area contributed by atoms with Crippen molar-refractivity contribution in [3.63, 3.8) is 0 Å². The molecule has 0 spiro atoms. The van der Waals surface area contributed by atoms with Gasteiger partial charge < -0.3 is 9.64 Å². The Balaban J connectivity index is 0.00000220. The van der Waals surface area contributed by atoms with Gasteiger partial charge in [-0.05, 0) is 12.5 Å². The van der Waals surface area contributed by atoms with Crippen molar-refractivity contribution in [3.05, 3.63) is 78.3 Å². The third kappa shape index (κ3) is 5.59. The van der Waals surface area contributed by atoms with Crippen LogP contribution in [0.3, 0.4) is 0 Å². The largest absolute Gasteiger partial charge is 1.00 e. The second-order valence-corrected chi connectivity index (χ2v) is 4.37. The van der Waals surface area contributed by atoms with Gasteiger partial charge in [-0.1, -0.05) is 42.9 Å². The molecule has 0 heterocycles. The average molecular weight is 275 g/mol. The Morgan fingerprint density at radius 1 is 1.05 bits per heavy atom. The topological polar surface area (TPSA) is 29.5 Å². The summed E-state index contributed by atoms with van der Waals surface area (Å²) in [5, 5.41) is 0. The predicted octanol–water partition coefficient (Wildman–Crippen LogP) is 0.859. The van der Waals surface area contributed by atoms with E-state index in [1.54, 1.807) is 11.4 Å². The van der Waals surface area contributed by atoms with Crippen molar-refractivity contribution in [1.29, 1.82) is 0 Å². The number of rotatable bonds is 5. The summed E-state index contributed by atoms with van der Waals surface area (Å²) in [7, 11) is 0. The number of nitrogens with zero attached hydrogens (tertiary/aromatic N) is 1. The van der Waals surface area contributed by atoms with E-state index in [2.05, 4.69) is 0 Å². The van der Waals surface area contributed by atoms with Crippen LogP contribution >= 0.6 is 0 Å². The first-order valence-electron chi connectivity index (χ1n) is 6.67. The molecule has 0 N–H and O–H groups in total. The second-order valence-electron chi connectivity index (χ2n) is 4.37. The Labute approximate surface area is 138 Å².